The van der Waals surface area contributed by atoms with Crippen LogP contribution in [0.15, 0.2) is 36.4 Å². The molecule has 2 nitrogen and oxygen atoms in total. The molecule has 0 atom stereocenters. The average molecular weight is 342 g/mol. The van der Waals surface area contributed by atoms with Crippen LogP contribution in [0.1, 0.15) is 11.1 Å². The van der Waals surface area contributed by atoms with Crippen LogP contribution in [0.5, 0.6) is 5.75 Å². The number of aliphatic hydroxyl groups is 1. The van der Waals surface area contributed by atoms with Crippen LogP contribution in [0.25, 0.3) is 0 Å². The Kier molecular flexibility index (Phi) is 5.78. The van der Waals surface area contributed by atoms with Crippen LogP contribution in [-0.2, 0) is 6.61 Å². The first-order valence-electron chi connectivity index (χ1n) is 6.06. The summed E-state index contributed by atoms with van der Waals surface area (Å²) in [5, 5.41) is 9.88. The van der Waals surface area contributed by atoms with Crippen LogP contribution in [0, 0.1) is 11.8 Å². The summed E-state index contributed by atoms with van der Waals surface area (Å²) in [4.78, 5) is 0. The lowest BCUT2D eigenvalue weighted by atomic mass is 10.1. The van der Waals surface area contributed by atoms with Crippen LogP contribution >= 0.6 is 34.8 Å². The molecule has 0 fully saturated rings. The maximum Gasteiger partial charge on any atom is 0.157 e. The van der Waals surface area contributed by atoms with Gasteiger partial charge in [0.05, 0.1) is 10.0 Å². The number of ether oxygens (including phenoxy) is 1. The minimum absolute atomic E-state index is 0.170. The number of halogens is 3. The first-order chi connectivity index (χ1) is 10.1. The minimum atomic E-state index is -0.170. The van der Waals surface area contributed by atoms with E-state index in [1.807, 2.05) is 24.3 Å². The molecule has 2 rings (SSSR count). The Morgan fingerprint density at radius 3 is 2.43 bits per heavy atom. The molecule has 0 aromatic heterocycles. The zero-order chi connectivity index (χ0) is 15.2. The molecule has 0 aliphatic rings. The van der Waals surface area contributed by atoms with Gasteiger partial charge in [0, 0.05) is 10.6 Å². The van der Waals surface area contributed by atoms with E-state index < -0.39 is 0 Å². The topological polar surface area (TPSA) is 29.5 Å². The van der Waals surface area contributed by atoms with Crippen LogP contribution in [0.3, 0.4) is 0 Å². The summed E-state index contributed by atoms with van der Waals surface area (Å²) in [7, 11) is 0. The predicted octanol–water partition coefficient (Wildman–Crippen LogP) is 4.57. The zero-order valence-corrected chi connectivity index (χ0v) is 13.1. The average Bonchev–Trinajstić information content (AvgIpc) is 2.44. The molecule has 108 valence electrons. The minimum Gasteiger partial charge on any atom is -0.486 e. The van der Waals surface area contributed by atoms with Crippen molar-refractivity contribution in [3.8, 4) is 17.6 Å². The summed E-state index contributed by atoms with van der Waals surface area (Å²) in [6.45, 7) is 0.131. The van der Waals surface area contributed by atoms with Gasteiger partial charge < -0.3 is 9.84 Å². The van der Waals surface area contributed by atoms with Gasteiger partial charge in [-0.15, -0.1) is 0 Å². The van der Waals surface area contributed by atoms with E-state index in [9.17, 15) is 0 Å². The molecule has 0 amide bonds. The molecule has 0 heterocycles. The number of hydrogen-bond donors (Lipinski definition) is 1. The highest BCUT2D eigenvalue weighted by molar-refractivity contribution is 6.40. The molecule has 2 aromatic carbocycles. The molecule has 2 aromatic rings. The molecule has 0 unspecified atom stereocenters. The summed E-state index contributed by atoms with van der Waals surface area (Å²) in [5.74, 6) is 5.83. The second-order valence-electron chi connectivity index (χ2n) is 4.15. The summed E-state index contributed by atoms with van der Waals surface area (Å²) in [6, 6.07) is 10.7. The molecule has 0 radical (unpaired) electrons. The second kappa shape index (κ2) is 7.59. The van der Waals surface area contributed by atoms with Gasteiger partial charge in [0.25, 0.3) is 0 Å². The summed E-state index contributed by atoms with van der Waals surface area (Å²) >= 11 is 18.0. The lowest BCUT2D eigenvalue weighted by Crippen LogP contribution is -1.97. The zero-order valence-electron chi connectivity index (χ0n) is 10.9. The molecule has 5 heteroatoms. The standard InChI is InChI=1S/C16H11Cl3O2/c17-13-8-14(18)16(15(19)9-13)21-10-12-4-1-3-11(7-12)5-2-6-20/h1,3-4,7-9,20H,6,10H2. The lowest BCUT2D eigenvalue weighted by Gasteiger charge is -2.10. The fourth-order valence-corrected chi connectivity index (χ4v) is 2.63. The Bertz CT molecular complexity index is 679. The number of rotatable bonds is 3. The third-order valence-corrected chi connectivity index (χ3v) is 3.36. The van der Waals surface area contributed by atoms with Gasteiger partial charge in [-0.2, -0.15) is 0 Å². The van der Waals surface area contributed by atoms with Crippen molar-refractivity contribution >= 4 is 34.8 Å². The van der Waals surface area contributed by atoms with Crippen molar-refractivity contribution in [3.05, 3.63) is 62.6 Å². The van der Waals surface area contributed by atoms with Gasteiger partial charge in [-0.3, -0.25) is 0 Å². The van der Waals surface area contributed by atoms with Crippen molar-refractivity contribution < 1.29 is 9.84 Å². The van der Waals surface area contributed by atoms with Crippen LogP contribution in [0.4, 0.5) is 0 Å². The Hall–Kier alpha value is -1.37. The van der Waals surface area contributed by atoms with Gasteiger partial charge >= 0.3 is 0 Å². The van der Waals surface area contributed by atoms with E-state index in [0.29, 0.717) is 27.4 Å². The molecular weight excluding hydrogens is 331 g/mol. The van der Waals surface area contributed by atoms with Gasteiger partial charge in [-0.1, -0.05) is 58.8 Å². The largest absolute Gasteiger partial charge is 0.486 e. The van der Waals surface area contributed by atoms with Gasteiger partial charge in [-0.05, 0) is 29.8 Å². The Labute approximate surface area is 138 Å². The van der Waals surface area contributed by atoms with Gasteiger partial charge in [0.2, 0.25) is 0 Å². The highest BCUT2D eigenvalue weighted by Gasteiger charge is 2.09. The fraction of sp³-hybridized carbons (Fsp3) is 0.125. The molecule has 0 bridgehead atoms. The molecular formula is C16H11Cl3O2. The third kappa shape index (κ3) is 4.56. The number of benzene rings is 2. The smallest absolute Gasteiger partial charge is 0.157 e. The van der Waals surface area contributed by atoms with Crippen molar-refractivity contribution in [2.75, 3.05) is 6.61 Å². The highest BCUT2D eigenvalue weighted by atomic mass is 35.5. The molecule has 0 aliphatic carbocycles. The van der Waals surface area contributed by atoms with Crippen molar-refractivity contribution in [1.82, 2.24) is 0 Å². The summed E-state index contributed by atoms with van der Waals surface area (Å²) < 4.78 is 5.65. The van der Waals surface area contributed by atoms with Crippen LogP contribution in [-0.4, -0.2) is 11.7 Å². The summed E-state index contributed by atoms with van der Waals surface area (Å²) in [6.07, 6.45) is 0. The van der Waals surface area contributed by atoms with E-state index in [1.54, 1.807) is 12.1 Å². The van der Waals surface area contributed by atoms with Crippen LogP contribution in [0.2, 0.25) is 15.1 Å². The Morgan fingerprint density at radius 2 is 1.76 bits per heavy atom. The first-order valence-corrected chi connectivity index (χ1v) is 7.19. The van der Waals surface area contributed by atoms with E-state index >= 15 is 0 Å². The molecule has 0 saturated carbocycles. The SMILES string of the molecule is OCC#Cc1cccc(COc2c(Cl)cc(Cl)cc2Cl)c1. The quantitative estimate of drug-likeness (QED) is 0.829. The van der Waals surface area contributed by atoms with E-state index in [0.717, 1.165) is 11.1 Å². The number of aliphatic hydroxyl groups excluding tert-OH is 1. The first kappa shape index (κ1) is 16.0. The molecule has 1 N–H and O–H groups in total. The normalized spacial score (nSPS) is 9.90. The van der Waals surface area contributed by atoms with E-state index in [-0.39, 0.29) is 6.61 Å². The van der Waals surface area contributed by atoms with Gasteiger partial charge in [-0.25, -0.2) is 0 Å². The molecule has 0 aliphatic heterocycles. The van der Waals surface area contributed by atoms with Crippen molar-refractivity contribution in [3.63, 3.8) is 0 Å². The van der Waals surface area contributed by atoms with Gasteiger partial charge in [0.15, 0.2) is 5.75 Å². The predicted molar refractivity (Wildman–Crippen MR) is 86.2 cm³/mol. The van der Waals surface area contributed by atoms with E-state index in [2.05, 4.69) is 11.8 Å². The molecule has 0 spiro atoms. The molecule has 21 heavy (non-hydrogen) atoms. The molecule has 0 saturated heterocycles. The lowest BCUT2D eigenvalue weighted by molar-refractivity contribution is 0.306. The maximum absolute atomic E-state index is 8.69. The van der Waals surface area contributed by atoms with Crippen LogP contribution < -0.4 is 4.74 Å². The van der Waals surface area contributed by atoms with Crippen molar-refractivity contribution in [1.29, 1.82) is 0 Å². The highest BCUT2D eigenvalue weighted by Crippen LogP contribution is 2.36. The Balaban J connectivity index is 2.13. The van der Waals surface area contributed by atoms with Crippen molar-refractivity contribution in [2.24, 2.45) is 0 Å². The Morgan fingerprint density at radius 1 is 1.05 bits per heavy atom. The van der Waals surface area contributed by atoms with Gasteiger partial charge in [0.1, 0.15) is 13.2 Å². The summed E-state index contributed by atoms with van der Waals surface area (Å²) in [5.41, 5.74) is 1.72. The monoisotopic (exact) mass is 340 g/mol. The van der Waals surface area contributed by atoms with E-state index in [4.69, 9.17) is 44.6 Å². The number of hydrogen-bond acceptors (Lipinski definition) is 2. The maximum atomic E-state index is 8.69. The third-order valence-electron chi connectivity index (χ3n) is 2.58. The fourth-order valence-electron chi connectivity index (χ4n) is 1.70. The second-order valence-corrected chi connectivity index (χ2v) is 5.40. The van der Waals surface area contributed by atoms with E-state index in [1.165, 1.54) is 0 Å². The van der Waals surface area contributed by atoms with Crippen molar-refractivity contribution in [2.45, 2.75) is 6.61 Å².